The maximum Gasteiger partial charge on any atom is 0.256 e. The third kappa shape index (κ3) is 3.54. The van der Waals surface area contributed by atoms with Gasteiger partial charge in [-0.3, -0.25) is 14.6 Å². The van der Waals surface area contributed by atoms with Gasteiger partial charge in [0.1, 0.15) is 6.04 Å². The minimum Gasteiger partial charge on any atom is -0.378 e. The number of pyridine rings is 1. The summed E-state index contributed by atoms with van der Waals surface area (Å²) in [4.78, 5) is 32.9. The second-order valence-electron chi connectivity index (χ2n) is 6.62. The second-order valence-corrected chi connectivity index (χ2v) is 6.62. The lowest BCUT2D eigenvalue weighted by atomic mass is 10.0. The van der Waals surface area contributed by atoms with Crippen LogP contribution in [-0.4, -0.2) is 54.9 Å². The molecule has 0 bridgehead atoms. The van der Waals surface area contributed by atoms with Gasteiger partial charge in [0, 0.05) is 50.8 Å². The zero-order valence-electron chi connectivity index (χ0n) is 15.4. The highest BCUT2D eigenvalue weighted by molar-refractivity contribution is 5.98. The monoisotopic (exact) mass is 352 g/mol. The summed E-state index contributed by atoms with van der Waals surface area (Å²) in [6, 6.07) is 9.53. The first-order valence-corrected chi connectivity index (χ1v) is 8.82. The Hall–Kier alpha value is -2.89. The molecule has 1 aliphatic rings. The molecule has 1 aliphatic heterocycles. The van der Waals surface area contributed by atoms with E-state index >= 15 is 0 Å². The van der Waals surface area contributed by atoms with Gasteiger partial charge in [-0.15, -0.1) is 0 Å². The van der Waals surface area contributed by atoms with Crippen LogP contribution in [-0.2, 0) is 4.79 Å². The van der Waals surface area contributed by atoms with Crippen LogP contribution in [0.25, 0.3) is 11.1 Å². The van der Waals surface area contributed by atoms with Crippen molar-refractivity contribution >= 4 is 17.5 Å². The fourth-order valence-corrected chi connectivity index (χ4v) is 3.20. The standard InChI is InChI=1S/C20H24N4O2/c1-4-18-19(25)22-9-10-24(18)20(26)16-11-15(12-21-13-16)14-5-7-17(8-6-14)23(2)3/h5-8,11-13,18H,4,9-10H2,1-3H3,(H,22,25)/t18-/m0/s1. The highest BCUT2D eigenvalue weighted by Crippen LogP contribution is 2.23. The fraction of sp³-hybridized carbons (Fsp3) is 0.350. The molecule has 26 heavy (non-hydrogen) atoms. The smallest absolute Gasteiger partial charge is 0.256 e. The molecule has 2 amide bonds. The van der Waals surface area contributed by atoms with Crippen molar-refractivity contribution in [3.63, 3.8) is 0 Å². The number of anilines is 1. The number of hydrogen-bond donors (Lipinski definition) is 1. The van der Waals surface area contributed by atoms with Crippen LogP contribution in [0.1, 0.15) is 23.7 Å². The molecule has 1 atom stereocenters. The molecule has 136 valence electrons. The van der Waals surface area contributed by atoms with E-state index in [2.05, 4.69) is 10.3 Å². The Balaban J connectivity index is 1.86. The van der Waals surface area contributed by atoms with Crippen molar-refractivity contribution in [2.75, 3.05) is 32.1 Å². The lowest BCUT2D eigenvalue weighted by Crippen LogP contribution is -2.56. The predicted octanol–water partition coefficient (Wildman–Crippen LogP) is 2.17. The highest BCUT2D eigenvalue weighted by Gasteiger charge is 2.32. The van der Waals surface area contributed by atoms with Crippen LogP contribution >= 0.6 is 0 Å². The maximum atomic E-state index is 12.9. The number of benzene rings is 1. The number of carbonyl (C=O) groups is 2. The predicted molar refractivity (Wildman–Crippen MR) is 102 cm³/mol. The normalized spacial score (nSPS) is 17.0. The minimum atomic E-state index is -0.417. The minimum absolute atomic E-state index is 0.0875. The molecule has 0 unspecified atom stereocenters. The molecule has 1 saturated heterocycles. The van der Waals surface area contributed by atoms with Crippen molar-refractivity contribution in [2.24, 2.45) is 0 Å². The average molecular weight is 352 g/mol. The number of hydrogen-bond acceptors (Lipinski definition) is 4. The van der Waals surface area contributed by atoms with Gasteiger partial charge in [-0.05, 0) is 30.2 Å². The van der Waals surface area contributed by atoms with Gasteiger partial charge in [-0.1, -0.05) is 19.1 Å². The fourth-order valence-electron chi connectivity index (χ4n) is 3.20. The molecule has 6 heteroatoms. The Bertz CT molecular complexity index is 802. The van der Waals surface area contributed by atoms with Gasteiger partial charge in [0.2, 0.25) is 5.91 Å². The lowest BCUT2D eigenvalue weighted by Gasteiger charge is -2.34. The molecule has 6 nitrogen and oxygen atoms in total. The average Bonchev–Trinajstić information content (AvgIpc) is 2.67. The van der Waals surface area contributed by atoms with Gasteiger partial charge in [-0.25, -0.2) is 0 Å². The SMILES string of the molecule is CC[C@H]1C(=O)NCCN1C(=O)c1cncc(-c2ccc(N(C)C)cc2)c1. The number of nitrogens with zero attached hydrogens (tertiary/aromatic N) is 3. The van der Waals surface area contributed by atoms with Crippen LogP contribution in [0.2, 0.25) is 0 Å². The van der Waals surface area contributed by atoms with E-state index in [9.17, 15) is 9.59 Å². The Morgan fingerprint density at radius 2 is 1.96 bits per heavy atom. The van der Waals surface area contributed by atoms with E-state index in [1.54, 1.807) is 17.3 Å². The van der Waals surface area contributed by atoms with E-state index < -0.39 is 6.04 Å². The van der Waals surface area contributed by atoms with E-state index in [4.69, 9.17) is 0 Å². The Morgan fingerprint density at radius 3 is 2.62 bits per heavy atom. The molecule has 1 fully saturated rings. The third-order valence-electron chi connectivity index (χ3n) is 4.68. The maximum absolute atomic E-state index is 12.9. The summed E-state index contributed by atoms with van der Waals surface area (Å²) in [6.45, 7) is 2.92. The van der Waals surface area contributed by atoms with E-state index in [1.807, 2.05) is 56.3 Å². The number of nitrogens with one attached hydrogen (secondary N) is 1. The molecule has 1 aromatic heterocycles. The molecular formula is C20H24N4O2. The third-order valence-corrected chi connectivity index (χ3v) is 4.68. The first kappa shape index (κ1) is 17.9. The second kappa shape index (κ2) is 7.56. The highest BCUT2D eigenvalue weighted by atomic mass is 16.2. The molecule has 0 saturated carbocycles. The zero-order valence-corrected chi connectivity index (χ0v) is 15.4. The zero-order chi connectivity index (χ0) is 18.7. The van der Waals surface area contributed by atoms with Crippen molar-refractivity contribution in [1.29, 1.82) is 0 Å². The Morgan fingerprint density at radius 1 is 1.23 bits per heavy atom. The van der Waals surface area contributed by atoms with Crippen LogP contribution in [0.3, 0.4) is 0 Å². The molecule has 0 aliphatic carbocycles. The number of amides is 2. The number of rotatable bonds is 4. The van der Waals surface area contributed by atoms with E-state index in [0.29, 0.717) is 25.1 Å². The first-order valence-electron chi connectivity index (χ1n) is 8.82. The summed E-state index contributed by atoms with van der Waals surface area (Å²) >= 11 is 0. The number of aromatic nitrogens is 1. The van der Waals surface area contributed by atoms with Crippen molar-refractivity contribution in [1.82, 2.24) is 15.2 Å². The molecule has 1 N–H and O–H groups in total. The molecule has 2 aromatic rings. The van der Waals surface area contributed by atoms with Crippen LogP contribution in [0.4, 0.5) is 5.69 Å². The van der Waals surface area contributed by atoms with Gasteiger partial charge in [0.25, 0.3) is 5.91 Å². The summed E-state index contributed by atoms with van der Waals surface area (Å²) in [6.07, 6.45) is 3.91. The van der Waals surface area contributed by atoms with Gasteiger partial charge >= 0.3 is 0 Å². The van der Waals surface area contributed by atoms with E-state index in [-0.39, 0.29) is 11.8 Å². The molecule has 0 spiro atoms. The van der Waals surface area contributed by atoms with Gasteiger partial charge in [0.05, 0.1) is 5.56 Å². The quantitative estimate of drug-likeness (QED) is 0.916. The lowest BCUT2D eigenvalue weighted by molar-refractivity contribution is -0.127. The largest absolute Gasteiger partial charge is 0.378 e. The van der Waals surface area contributed by atoms with Crippen molar-refractivity contribution in [3.05, 3.63) is 48.3 Å². The molecule has 1 aromatic carbocycles. The summed E-state index contributed by atoms with van der Waals surface area (Å²) in [5.41, 5.74) is 3.50. The van der Waals surface area contributed by atoms with Crippen LogP contribution < -0.4 is 10.2 Å². The van der Waals surface area contributed by atoms with Crippen molar-refractivity contribution < 1.29 is 9.59 Å². The van der Waals surface area contributed by atoms with Crippen molar-refractivity contribution in [2.45, 2.75) is 19.4 Å². The van der Waals surface area contributed by atoms with Gasteiger partial charge < -0.3 is 15.1 Å². The summed E-state index contributed by atoms with van der Waals surface area (Å²) in [7, 11) is 3.99. The molecule has 0 radical (unpaired) electrons. The number of carbonyl (C=O) groups excluding carboxylic acids is 2. The summed E-state index contributed by atoms with van der Waals surface area (Å²) in [5.74, 6) is -0.235. The molecule has 2 heterocycles. The molecular weight excluding hydrogens is 328 g/mol. The van der Waals surface area contributed by atoms with Gasteiger partial charge in [-0.2, -0.15) is 0 Å². The summed E-state index contributed by atoms with van der Waals surface area (Å²) in [5, 5.41) is 2.82. The van der Waals surface area contributed by atoms with Crippen LogP contribution in [0.15, 0.2) is 42.7 Å². The van der Waals surface area contributed by atoms with Gasteiger partial charge in [0.15, 0.2) is 0 Å². The van der Waals surface area contributed by atoms with Crippen LogP contribution in [0, 0.1) is 0 Å². The van der Waals surface area contributed by atoms with E-state index in [0.717, 1.165) is 16.8 Å². The molecule has 3 rings (SSSR count). The topological polar surface area (TPSA) is 65.5 Å². The summed E-state index contributed by atoms with van der Waals surface area (Å²) < 4.78 is 0. The van der Waals surface area contributed by atoms with Crippen molar-refractivity contribution in [3.8, 4) is 11.1 Å². The Labute approximate surface area is 153 Å². The van der Waals surface area contributed by atoms with Crippen LogP contribution in [0.5, 0.6) is 0 Å². The Kier molecular flexibility index (Phi) is 5.21. The number of piperazine rings is 1. The van der Waals surface area contributed by atoms with E-state index in [1.165, 1.54) is 0 Å². The first-order chi connectivity index (χ1) is 12.5.